The molecule has 0 spiro atoms. The zero-order chi connectivity index (χ0) is 26.0. The molecule has 1 nitrogen and oxygen atoms in total. The van der Waals surface area contributed by atoms with E-state index in [-0.39, 0.29) is 11.3 Å². The van der Waals surface area contributed by atoms with Gasteiger partial charge < -0.3 is 4.74 Å². The molecule has 0 amide bonds. The standard InChI is InChI=1S/C34H38F2O/c1-3-7-25-10-12-26(13-11-25)8-5-6-9-27-14-16-28(17-15-27)29-18-20-30(21-19-29)31-22-23-32(37-24-4-2)34(36)33(31)35/h6,9-13,16,18-23,27H,3-5,7-8,14-15,17,24H2,1-2H3. The third kappa shape index (κ3) is 7.19. The maximum atomic E-state index is 14.7. The quantitative estimate of drug-likeness (QED) is 0.238. The Hall–Kier alpha value is -3.20. The summed E-state index contributed by atoms with van der Waals surface area (Å²) < 4.78 is 34.4. The SMILES string of the molecule is CCCOc1ccc(-c2ccc(C3=CCC(C=CCCc4ccc(CCC)cc4)CC3)cc2)c(F)c1F. The number of hydrogen-bond donors (Lipinski definition) is 0. The average Bonchev–Trinajstić information content (AvgIpc) is 2.93. The first-order chi connectivity index (χ1) is 18.1. The predicted octanol–water partition coefficient (Wildman–Crippen LogP) is 9.75. The van der Waals surface area contributed by atoms with Crippen LogP contribution in [0.1, 0.15) is 69.1 Å². The van der Waals surface area contributed by atoms with Crippen molar-refractivity contribution in [2.45, 2.75) is 65.2 Å². The molecule has 0 saturated heterocycles. The second-order valence-corrected chi connectivity index (χ2v) is 9.96. The normalized spacial score (nSPS) is 15.7. The lowest BCUT2D eigenvalue weighted by molar-refractivity contribution is 0.295. The van der Waals surface area contributed by atoms with Crippen molar-refractivity contribution < 1.29 is 13.5 Å². The Morgan fingerprint density at radius 2 is 1.51 bits per heavy atom. The van der Waals surface area contributed by atoms with Gasteiger partial charge in [0.2, 0.25) is 5.82 Å². The number of benzene rings is 3. The van der Waals surface area contributed by atoms with E-state index in [2.05, 4.69) is 49.4 Å². The number of ether oxygens (including phenoxy) is 1. The van der Waals surface area contributed by atoms with Crippen LogP contribution >= 0.6 is 0 Å². The predicted molar refractivity (Wildman–Crippen MR) is 151 cm³/mol. The van der Waals surface area contributed by atoms with E-state index in [9.17, 15) is 8.78 Å². The largest absolute Gasteiger partial charge is 0.490 e. The minimum absolute atomic E-state index is 0.0308. The molecule has 0 radical (unpaired) electrons. The van der Waals surface area contributed by atoms with Crippen LogP contribution in [0.25, 0.3) is 16.7 Å². The van der Waals surface area contributed by atoms with Gasteiger partial charge in [0, 0.05) is 5.56 Å². The lowest BCUT2D eigenvalue weighted by Gasteiger charge is -2.20. The van der Waals surface area contributed by atoms with E-state index in [1.165, 1.54) is 29.2 Å². The van der Waals surface area contributed by atoms with Crippen molar-refractivity contribution in [3.05, 3.63) is 107 Å². The molecular weight excluding hydrogens is 462 g/mol. The van der Waals surface area contributed by atoms with Gasteiger partial charge in [0.15, 0.2) is 11.6 Å². The van der Waals surface area contributed by atoms with Gasteiger partial charge >= 0.3 is 0 Å². The van der Waals surface area contributed by atoms with Crippen LogP contribution in [0.4, 0.5) is 8.78 Å². The molecule has 3 aromatic carbocycles. The summed E-state index contributed by atoms with van der Waals surface area (Å²) in [5, 5.41) is 0. The molecule has 1 aliphatic carbocycles. The van der Waals surface area contributed by atoms with Gasteiger partial charge in [0.1, 0.15) is 0 Å². The summed E-state index contributed by atoms with van der Waals surface area (Å²) in [7, 11) is 0. The smallest absolute Gasteiger partial charge is 0.201 e. The molecule has 0 fully saturated rings. The lowest BCUT2D eigenvalue weighted by Crippen LogP contribution is -2.03. The molecule has 3 heteroatoms. The summed E-state index contributed by atoms with van der Waals surface area (Å²) >= 11 is 0. The van der Waals surface area contributed by atoms with Crippen LogP contribution in [0.5, 0.6) is 5.75 Å². The van der Waals surface area contributed by atoms with Crippen LogP contribution in [0, 0.1) is 17.6 Å². The summed E-state index contributed by atoms with van der Waals surface area (Å²) in [5.74, 6) is -1.23. The molecule has 0 aromatic heterocycles. The average molecular weight is 501 g/mol. The van der Waals surface area contributed by atoms with E-state index < -0.39 is 11.6 Å². The number of aryl methyl sites for hydroxylation is 2. The Balaban J connectivity index is 1.30. The second-order valence-electron chi connectivity index (χ2n) is 9.96. The van der Waals surface area contributed by atoms with Crippen LogP contribution < -0.4 is 4.74 Å². The molecule has 1 aliphatic rings. The Morgan fingerprint density at radius 1 is 0.811 bits per heavy atom. The summed E-state index contributed by atoms with van der Waals surface area (Å²) in [6.45, 7) is 4.51. The van der Waals surface area contributed by atoms with Crippen molar-refractivity contribution in [3.63, 3.8) is 0 Å². The van der Waals surface area contributed by atoms with Gasteiger partial charge in [-0.15, -0.1) is 0 Å². The third-order valence-corrected chi connectivity index (χ3v) is 7.10. The summed E-state index contributed by atoms with van der Waals surface area (Å²) in [5.41, 5.74) is 6.24. The molecule has 1 unspecified atom stereocenters. The highest BCUT2D eigenvalue weighted by Gasteiger charge is 2.17. The number of hydrogen-bond acceptors (Lipinski definition) is 1. The van der Waals surface area contributed by atoms with E-state index in [1.807, 2.05) is 31.2 Å². The topological polar surface area (TPSA) is 9.23 Å². The van der Waals surface area contributed by atoms with Crippen molar-refractivity contribution in [1.29, 1.82) is 0 Å². The van der Waals surface area contributed by atoms with Gasteiger partial charge in [-0.2, -0.15) is 4.39 Å². The molecule has 0 saturated carbocycles. The molecule has 4 rings (SSSR count). The Morgan fingerprint density at radius 3 is 2.16 bits per heavy atom. The van der Waals surface area contributed by atoms with E-state index in [0.29, 0.717) is 18.1 Å². The fourth-order valence-electron chi connectivity index (χ4n) is 4.93. The van der Waals surface area contributed by atoms with E-state index >= 15 is 0 Å². The molecule has 3 aromatic rings. The highest BCUT2D eigenvalue weighted by Crippen LogP contribution is 2.34. The van der Waals surface area contributed by atoms with Gasteiger partial charge in [0.25, 0.3) is 0 Å². The monoisotopic (exact) mass is 500 g/mol. The van der Waals surface area contributed by atoms with E-state index in [0.717, 1.165) is 50.5 Å². The third-order valence-electron chi connectivity index (χ3n) is 7.10. The zero-order valence-electron chi connectivity index (χ0n) is 22.1. The van der Waals surface area contributed by atoms with Crippen molar-refractivity contribution in [2.24, 2.45) is 5.92 Å². The molecule has 194 valence electrons. The molecule has 0 heterocycles. The lowest BCUT2D eigenvalue weighted by atomic mass is 9.86. The highest BCUT2D eigenvalue weighted by atomic mass is 19.2. The van der Waals surface area contributed by atoms with E-state index in [4.69, 9.17) is 4.74 Å². The summed E-state index contributed by atoms with van der Waals surface area (Å²) in [4.78, 5) is 0. The molecule has 1 atom stereocenters. The first kappa shape index (κ1) is 26.9. The summed E-state index contributed by atoms with van der Waals surface area (Å²) in [6, 6.07) is 19.9. The van der Waals surface area contributed by atoms with Crippen molar-refractivity contribution >= 4 is 5.57 Å². The molecular formula is C34H38F2O. The molecule has 0 aliphatic heterocycles. The van der Waals surface area contributed by atoms with Gasteiger partial charge in [-0.05, 0) is 90.8 Å². The summed E-state index contributed by atoms with van der Waals surface area (Å²) in [6.07, 6.45) is 15.5. The maximum Gasteiger partial charge on any atom is 0.201 e. The van der Waals surface area contributed by atoms with Crippen LogP contribution in [-0.2, 0) is 12.8 Å². The molecule has 0 bridgehead atoms. The minimum Gasteiger partial charge on any atom is -0.490 e. The first-order valence-corrected chi connectivity index (χ1v) is 13.7. The van der Waals surface area contributed by atoms with Gasteiger partial charge in [-0.25, -0.2) is 4.39 Å². The zero-order valence-corrected chi connectivity index (χ0v) is 22.1. The number of allylic oxidation sites excluding steroid dienone is 4. The number of halogens is 2. The minimum atomic E-state index is -0.922. The van der Waals surface area contributed by atoms with Gasteiger partial charge in [-0.1, -0.05) is 87.0 Å². The fourth-order valence-corrected chi connectivity index (χ4v) is 4.93. The Bertz CT molecular complexity index is 1210. The first-order valence-electron chi connectivity index (χ1n) is 13.7. The van der Waals surface area contributed by atoms with Crippen molar-refractivity contribution in [3.8, 4) is 16.9 Å². The van der Waals surface area contributed by atoms with E-state index in [1.54, 1.807) is 6.07 Å². The van der Waals surface area contributed by atoms with Crippen LogP contribution in [0.2, 0.25) is 0 Å². The highest BCUT2D eigenvalue weighted by molar-refractivity contribution is 5.71. The van der Waals surface area contributed by atoms with Crippen LogP contribution in [0.3, 0.4) is 0 Å². The Kier molecular flexibility index (Phi) is 9.71. The van der Waals surface area contributed by atoms with Crippen molar-refractivity contribution in [2.75, 3.05) is 6.61 Å². The fraction of sp³-hybridized carbons (Fsp3) is 0.353. The van der Waals surface area contributed by atoms with Gasteiger partial charge in [0.05, 0.1) is 6.61 Å². The molecule has 37 heavy (non-hydrogen) atoms. The maximum absolute atomic E-state index is 14.7. The Labute approximate surface area is 220 Å². The van der Waals surface area contributed by atoms with Crippen molar-refractivity contribution in [1.82, 2.24) is 0 Å². The second kappa shape index (κ2) is 13.4. The molecule has 0 N–H and O–H groups in total. The van der Waals surface area contributed by atoms with Crippen LogP contribution in [-0.4, -0.2) is 6.61 Å². The van der Waals surface area contributed by atoms with Crippen LogP contribution in [0.15, 0.2) is 78.9 Å². The number of rotatable bonds is 11. The van der Waals surface area contributed by atoms with Gasteiger partial charge in [-0.3, -0.25) is 0 Å².